The SMILES string of the molecule is COC(=O)N[C@H](C(=O)NN(Cc1c(F)cc(-c2ccn(C(F)F)n2)cc1F)C[C@H](OC(=O)OCCl)[C@H](Cc1ccc(C#Cc2ccc(N3CC4CCC(C3)N4C3COC3)nc2)cc1)NC(=O)[C@@H](NC(=O)O)C(C)(C)C(F)(F)F)C(C)(C)C(F)(F)F. The average molecular weight is 1230 g/mol. The standard InChI is InChI=1S/C54H59ClF10N10O10/c1-51(2,53(60,61)62)43(68-48(78)79)45(76)67-40(18-30-9-6-29(7-10-30)8-11-31-12-15-42(66-21-31)72-22-33-13-14-34(23-72)75(33)35-26-83-27-35)41(85-50(81)84-28-55)25-73(71-46(77)44(69-49(80)82-5)52(3,4)54(63,64)65)24-36-37(56)19-32(20-38(36)57)39-16-17-74(70-39)47(58)59/h6-7,9-10,12,15-17,19-21,33-35,40-41,43-44,47,68H,13-14,18,22-28H2,1-5H3,(H,67,76)(H,69,80)(H,71,77)(H,78,79)/t33?,34?,40-,41-,43+,44+/m0/s1. The summed E-state index contributed by atoms with van der Waals surface area (Å²) in [7, 11) is 0.753. The monoisotopic (exact) mass is 1230 g/mol. The summed E-state index contributed by atoms with van der Waals surface area (Å²) in [4.78, 5) is 75.7. The molecule has 3 aliphatic rings. The van der Waals surface area contributed by atoms with Crippen LogP contribution in [0.2, 0.25) is 0 Å². The fraction of sp³-hybridized carbons (Fsp3) is 0.500. The predicted molar refractivity (Wildman–Crippen MR) is 281 cm³/mol. The number of hydrogen-bond donors (Lipinski definition) is 5. The van der Waals surface area contributed by atoms with E-state index >= 15 is 8.78 Å². The van der Waals surface area contributed by atoms with Crippen molar-refractivity contribution in [2.24, 2.45) is 10.8 Å². The van der Waals surface area contributed by atoms with Gasteiger partial charge in [0.1, 0.15) is 35.6 Å². The normalized spacial score (nSPS) is 18.1. The number of halogens is 11. The first kappa shape index (κ1) is 64.9. The van der Waals surface area contributed by atoms with Gasteiger partial charge in [0.2, 0.25) is 5.91 Å². The zero-order valence-corrected chi connectivity index (χ0v) is 46.8. The minimum absolute atomic E-state index is 0.171. The Morgan fingerprint density at radius 1 is 0.824 bits per heavy atom. The van der Waals surface area contributed by atoms with Crippen LogP contribution < -0.4 is 26.3 Å². The van der Waals surface area contributed by atoms with Gasteiger partial charge in [-0.25, -0.2) is 37.8 Å². The number of benzene rings is 2. The van der Waals surface area contributed by atoms with Crippen molar-refractivity contribution < 1.29 is 91.9 Å². The Hall–Kier alpha value is -7.62. The molecule has 4 aromatic rings. The third-order valence-electron chi connectivity index (χ3n) is 15.0. The molecule has 2 bridgehead atoms. The van der Waals surface area contributed by atoms with Crippen LogP contribution >= 0.6 is 11.6 Å². The molecule has 85 heavy (non-hydrogen) atoms. The first-order valence-corrected chi connectivity index (χ1v) is 26.6. The number of amides is 4. The largest absolute Gasteiger partial charge is 0.509 e. The minimum atomic E-state index is -5.30. The Labute approximate surface area is 484 Å². The van der Waals surface area contributed by atoms with Crippen molar-refractivity contribution in [3.8, 4) is 23.1 Å². The van der Waals surface area contributed by atoms with Gasteiger partial charge in [-0.1, -0.05) is 35.6 Å². The second-order valence-corrected chi connectivity index (χ2v) is 21.6. The number of anilines is 1. The number of carbonyl (C=O) groups excluding carboxylic acids is 4. The Bertz CT molecular complexity index is 3070. The van der Waals surface area contributed by atoms with Crippen LogP contribution in [0.3, 0.4) is 0 Å². The second-order valence-electron chi connectivity index (χ2n) is 21.4. The number of nitrogens with one attached hydrogen (secondary N) is 4. The van der Waals surface area contributed by atoms with Crippen LogP contribution in [0.5, 0.6) is 0 Å². The maximum Gasteiger partial charge on any atom is 0.509 e. The molecule has 2 aromatic carbocycles. The molecule has 5 N–H and O–H groups in total. The zero-order chi connectivity index (χ0) is 62.3. The topological polar surface area (TPSA) is 231 Å². The molecule has 3 fully saturated rings. The van der Waals surface area contributed by atoms with Gasteiger partial charge >= 0.3 is 37.2 Å². The fourth-order valence-electron chi connectivity index (χ4n) is 9.93. The van der Waals surface area contributed by atoms with Gasteiger partial charge in [-0.05, 0) is 95.0 Å². The number of piperazine rings is 1. The number of pyridine rings is 1. The maximum absolute atomic E-state index is 16.3. The lowest BCUT2D eigenvalue weighted by molar-refractivity contribution is -0.221. The van der Waals surface area contributed by atoms with Crippen LogP contribution in [-0.2, 0) is 41.5 Å². The van der Waals surface area contributed by atoms with E-state index < -0.39 is 132 Å². The summed E-state index contributed by atoms with van der Waals surface area (Å²) in [6.07, 6.45) is -14.2. The number of carbonyl (C=O) groups is 5. The number of hydrogen-bond acceptors (Lipinski definition) is 14. The van der Waals surface area contributed by atoms with Crippen LogP contribution in [0, 0.1) is 34.3 Å². The highest BCUT2D eigenvalue weighted by molar-refractivity contribution is 6.17. The molecule has 6 atom stereocenters. The van der Waals surface area contributed by atoms with Crippen LogP contribution in [0.15, 0.2) is 67.0 Å². The van der Waals surface area contributed by atoms with Crippen molar-refractivity contribution in [2.75, 3.05) is 50.9 Å². The smallest absolute Gasteiger partial charge is 0.465 e. The quantitative estimate of drug-likeness (QED) is 0.0176. The molecule has 7 rings (SSSR count). The lowest BCUT2D eigenvalue weighted by atomic mass is 9.82. The van der Waals surface area contributed by atoms with Gasteiger partial charge in [0, 0.05) is 66.4 Å². The lowest BCUT2D eigenvalue weighted by Crippen LogP contribution is -2.64. The molecule has 3 aliphatic heterocycles. The van der Waals surface area contributed by atoms with Crippen LogP contribution in [0.25, 0.3) is 11.3 Å². The molecule has 3 saturated heterocycles. The molecule has 4 amide bonds. The second kappa shape index (κ2) is 26.7. The van der Waals surface area contributed by atoms with Gasteiger partial charge in [0.05, 0.1) is 55.5 Å². The number of nitrogens with zero attached hydrogens (tertiary/aromatic N) is 6. The van der Waals surface area contributed by atoms with E-state index in [1.54, 1.807) is 17.6 Å². The summed E-state index contributed by atoms with van der Waals surface area (Å²) in [5.41, 5.74) is -5.05. The van der Waals surface area contributed by atoms with Gasteiger partial charge in [0.15, 0.2) is 6.07 Å². The summed E-state index contributed by atoms with van der Waals surface area (Å²) in [5.74, 6) is 0.323. The fourth-order valence-corrected chi connectivity index (χ4v) is 10.0. The molecule has 2 unspecified atom stereocenters. The van der Waals surface area contributed by atoms with Gasteiger partial charge in [-0.15, -0.1) is 0 Å². The number of rotatable bonds is 21. The van der Waals surface area contributed by atoms with Crippen molar-refractivity contribution in [1.82, 2.24) is 46.0 Å². The van der Waals surface area contributed by atoms with Crippen LogP contribution in [-0.4, -0.2) is 161 Å². The summed E-state index contributed by atoms with van der Waals surface area (Å²) in [6.45, 7) is -0.585. The van der Waals surface area contributed by atoms with Crippen molar-refractivity contribution in [3.05, 3.63) is 101 Å². The zero-order valence-electron chi connectivity index (χ0n) is 46.0. The van der Waals surface area contributed by atoms with Crippen molar-refractivity contribution in [2.45, 2.75) is 115 Å². The Morgan fingerprint density at radius 2 is 1.41 bits per heavy atom. The maximum atomic E-state index is 16.3. The highest BCUT2D eigenvalue weighted by atomic mass is 35.5. The Morgan fingerprint density at radius 3 is 1.92 bits per heavy atom. The number of carboxylic acid groups (broad SMARTS) is 1. The molecule has 0 saturated carbocycles. The van der Waals surface area contributed by atoms with Crippen molar-refractivity contribution >= 4 is 47.6 Å². The third-order valence-corrected chi connectivity index (χ3v) is 15.1. The first-order valence-electron chi connectivity index (χ1n) is 26.1. The molecular weight excluding hydrogens is 1170 g/mol. The van der Waals surface area contributed by atoms with Gasteiger partial charge in [0.25, 0.3) is 5.91 Å². The van der Waals surface area contributed by atoms with Crippen molar-refractivity contribution in [1.29, 1.82) is 0 Å². The average Bonchev–Trinajstić information content (AvgIpc) is 2.94. The molecular formula is C54H59ClF10N10O10. The van der Waals surface area contributed by atoms with E-state index in [4.69, 9.17) is 25.8 Å². The van der Waals surface area contributed by atoms with Crippen molar-refractivity contribution in [3.63, 3.8) is 0 Å². The highest BCUT2D eigenvalue weighted by Crippen LogP contribution is 2.42. The van der Waals surface area contributed by atoms with E-state index in [0.717, 1.165) is 64.3 Å². The first-order chi connectivity index (χ1) is 39.9. The van der Waals surface area contributed by atoms with Gasteiger partial charge in [-0.2, -0.15) is 40.2 Å². The van der Waals surface area contributed by atoms with E-state index in [1.807, 2.05) is 11.5 Å². The predicted octanol–water partition coefficient (Wildman–Crippen LogP) is 7.89. The summed E-state index contributed by atoms with van der Waals surface area (Å²) >= 11 is 5.65. The van der Waals surface area contributed by atoms with Gasteiger partial charge in [-0.3, -0.25) is 19.9 Å². The summed E-state index contributed by atoms with van der Waals surface area (Å²) in [5, 5.41) is 19.2. The number of alkyl carbamates (subject to hydrolysis) is 1. The number of fused-ring (bicyclic) bond motifs is 2. The molecule has 20 nitrogen and oxygen atoms in total. The van der Waals surface area contributed by atoms with E-state index in [-0.39, 0.29) is 15.9 Å². The summed E-state index contributed by atoms with van der Waals surface area (Å²) < 4.78 is 168. The van der Waals surface area contributed by atoms with E-state index in [2.05, 4.69) is 41.8 Å². The van der Waals surface area contributed by atoms with Crippen LogP contribution in [0.1, 0.15) is 69.3 Å². The highest BCUT2D eigenvalue weighted by Gasteiger charge is 2.57. The minimum Gasteiger partial charge on any atom is -0.465 e. The number of methoxy groups -OCH3 is 1. The Balaban J connectivity index is 1.25. The molecule has 0 spiro atoms. The molecule has 0 aliphatic carbocycles. The molecule has 462 valence electrons. The summed E-state index contributed by atoms with van der Waals surface area (Å²) in [6, 6.07) is 4.73. The van der Waals surface area contributed by atoms with Gasteiger partial charge < -0.3 is 44.9 Å². The van der Waals surface area contributed by atoms with E-state index in [1.165, 1.54) is 29.6 Å². The molecule has 5 heterocycles. The Kier molecular flexibility index (Phi) is 20.4. The van der Waals surface area contributed by atoms with E-state index in [9.17, 15) is 64.2 Å². The number of alkyl halides is 9. The third kappa shape index (κ3) is 15.6. The molecule has 31 heteroatoms. The number of hydrazine groups is 1. The lowest BCUT2D eigenvalue weighted by Gasteiger charge is -2.47. The molecule has 0 radical (unpaired) electrons. The number of ether oxygens (including phenoxy) is 4. The molecule has 2 aromatic heterocycles. The van der Waals surface area contributed by atoms with Crippen LogP contribution in [0.4, 0.5) is 64.1 Å². The number of aromatic nitrogens is 3. The van der Waals surface area contributed by atoms with E-state index in [0.29, 0.717) is 74.1 Å².